The van der Waals surface area contributed by atoms with Crippen LogP contribution in [0.15, 0.2) is 28.7 Å². The van der Waals surface area contributed by atoms with Gasteiger partial charge >= 0.3 is 5.97 Å². The van der Waals surface area contributed by atoms with Gasteiger partial charge in [-0.2, -0.15) is 0 Å². The van der Waals surface area contributed by atoms with Gasteiger partial charge in [-0.1, -0.05) is 39.7 Å². The fourth-order valence-corrected chi connectivity index (χ4v) is 2.55. The first kappa shape index (κ1) is 11.6. The molecule has 1 aromatic carbocycles. The average molecular weight is 319 g/mol. The van der Waals surface area contributed by atoms with Gasteiger partial charge in [0.25, 0.3) is 0 Å². The van der Waals surface area contributed by atoms with Gasteiger partial charge in [-0.25, -0.2) is 9.78 Å². The molecule has 0 spiro atoms. The third-order valence-corrected chi connectivity index (χ3v) is 3.71. The van der Waals surface area contributed by atoms with E-state index in [1.165, 1.54) is 0 Å². The van der Waals surface area contributed by atoms with Crippen LogP contribution in [0.1, 0.15) is 10.5 Å². The predicted octanol–water partition coefficient (Wildman–Crippen LogP) is 3.92. The Morgan fingerprint density at radius 2 is 2.00 bits per heavy atom. The van der Waals surface area contributed by atoms with Crippen molar-refractivity contribution in [1.29, 1.82) is 0 Å². The summed E-state index contributed by atoms with van der Waals surface area (Å²) >= 11 is 10.3. The van der Waals surface area contributed by atoms with Crippen LogP contribution in [-0.4, -0.2) is 16.1 Å². The molecule has 0 fully saturated rings. The number of rotatable bonds is 2. The molecule has 0 saturated carbocycles. The van der Waals surface area contributed by atoms with Crippen molar-refractivity contribution in [3.05, 3.63) is 38.8 Å². The molecule has 6 heteroatoms. The molecule has 0 aliphatic rings. The number of carboxylic acids is 1. The molecule has 0 bridgehead atoms. The molecule has 0 atom stereocenters. The highest BCUT2D eigenvalue weighted by atomic mass is 79.9. The first-order valence-corrected chi connectivity index (χ1v) is 6.22. The maximum atomic E-state index is 10.8. The molecule has 3 nitrogen and oxygen atoms in total. The quantitative estimate of drug-likeness (QED) is 0.913. The van der Waals surface area contributed by atoms with Crippen molar-refractivity contribution in [2.24, 2.45) is 0 Å². The summed E-state index contributed by atoms with van der Waals surface area (Å²) in [7, 11) is 0. The van der Waals surface area contributed by atoms with E-state index in [4.69, 9.17) is 16.7 Å². The fourth-order valence-electron chi connectivity index (χ4n) is 1.15. The zero-order valence-corrected chi connectivity index (χ0v) is 10.9. The molecule has 0 saturated heterocycles. The number of hydrogen-bond donors (Lipinski definition) is 1. The lowest BCUT2D eigenvalue weighted by atomic mass is 10.2. The normalized spacial score (nSPS) is 10.4. The second kappa shape index (κ2) is 4.53. The van der Waals surface area contributed by atoms with Crippen molar-refractivity contribution in [3.8, 4) is 10.6 Å². The van der Waals surface area contributed by atoms with Crippen molar-refractivity contribution < 1.29 is 9.90 Å². The maximum absolute atomic E-state index is 10.8. The molecule has 82 valence electrons. The van der Waals surface area contributed by atoms with Gasteiger partial charge in [-0.05, 0) is 12.1 Å². The Morgan fingerprint density at radius 1 is 1.38 bits per heavy atom. The summed E-state index contributed by atoms with van der Waals surface area (Å²) in [6.45, 7) is 0. The highest BCUT2D eigenvalue weighted by molar-refractivity contribution is 9.10. The lowest BCUT2D eigenvalue weighted by Crippen LogP contribution is -1.96. The third-order valence-electron chi connectivity index (χ3n) is 1.88. The highest BCUT2D eigenvalue weighted by Gasteiger charge is 2.16. The topological polar surface area (TPSA) is 50.2 Å². The predicted molar refractivity (Wildman–Crippen MR) is 67.2 cm³/mol. The number of nitrogens with zero attached hydrogens (tertiary/aromatic N) is 1. The number of aromatic nitrogens is 1. The van der Waals surface area contributed by atoms with Crippen molar-refractivity contribution in [2.45, 2.75) is 0 Å². The monoisotopic (exact) mass is 317 g/mol. The summed E-state index contributed by atoms with van der Waals surface area (Å²) in [5, 5.41) is 9.43. The van der Waals surface area contributed by atoms with Crippen LogP contribution < -0.4 is 0 Å². The van der Waals surface area contributed by atoms with Crippen LogP contribution in [0.25, 0.3) is 10.6 Å². The van der Waals surface area contributed by atoms with Crippen molar-refractivity contribution in [1.82, 2.24) is 4.98 Å². The second-order valence-corrected chi connectivity index (χ2v) is 5.47. The number of aromatic carboxylic acids is 1. The molecule has 1 N–H and O–H groups in total. The molecule has 0 radical (unpaired) electrons. The second-order valence-electron chi connectivity index (χ2n) is 2.95. The average Bonchev–Trinajstić information content (AvgIpc) is 2.61. The first-order chi connectivity index (χ1) is 7.58. The number of halogens is 2. The number of benzene rings is 1. The minimum atomic E-state index is -1.11. The molecular formula is C10H5BrClNO2S. The molecule has 1 heterocycles. The van der Waals surface area contributed by atoms with E-state index < -0.39 is 5.97 Å². The van der Waals surface area contributed by atoms with Crippen LogP contribution >= 0.6 is 38.9 Å². The summed E-state index contributed by atoms with van der Waals surface area (Å²) in [4.78, 5) is 14.8. The molecule has 2 rings (SSSR count). The van der Waals surface area contributed by atoms with Crippen LogP contribution in [0.2, 0.25) is 4.34 Å². The zero-order chi connectivity index (χ0) is 11.7. The third kappa shape index (κ3) is 2.26. The minimum absolute atomic E-state index is 0.0930. The molecule has 16 heavy (non-hydrogen) atoms. The summed E-state index contributed by atoms with van der Waals surface area (Å²) in [5.41, 5.74) is 0.757. The fraction of sp³-hybridized carbons (Fsp3) is 0. The van der Waals surface area contributed by atoms with Crippen LogP contribution in [0.3, 0.4) is 0 Å². The van der Waals surface area contributed by atoms with Gasteiger partial charge in [0.15, 0.2) is 5.69 Å². The van der Waals surface area contributed by atoms with Gasteiger partial charge in [-0.3, -0.25) is 0 Å². The summed E-state index contributed by atoms with van der Waals surface area (Å²) in [5.74, 6) is -1.11. The molecule has 0 unspecified atom stereocenters. The lowest BCUT2D eigenvalue weighted by molar-refractivity contribution is 0.0691. The van der Waals surface area contributed by atoms with Crippen molar-refractivity contribution in [2.75, 3.05) is 0 Å². The largest absolute Gasteiger partial charge is 0.476 e. The van der Waals surface area contributed by atoms with Crippen molar-refractivity contribution in [3.63, 3.8) is 0 Å². The SMILES string of the molecule is O=C(O)c1nc(-c2ccc(Br)cc2)sc1Cl. The van der Waals surface area contributed by atoms with E-state index in [2.05, 4.69) is 20.9 Å². The Hall–Kier alpha value is -0.910. The van der Waals surface area contributed by atoms with Crippen LogP contribution in [0.5, 0.6) is 0 Å². The molecule has 0 amide bonds. The summed E-state index contributed by atoms with van der Waals surface area (Å²) < 4.78 is 1.16. The maximum Gasteiger partial charge on any atom is 0.356 e. The van der Waals surface area contributed by atoms with Crippen molar-refractivity contribution >= 4 is 44.8 Å². The molecule has 0 aliphatic heterocycles. The van der Waals surface area contributed by atoms with Gasteiger partial charge in [-0.15, -0.1) is 11.3 Å². The van der Waals surface area contributed by atoms with E-state index in [-0.39, 0.29) is 10.0 Å². The van der Waals surface area contributed by atoms with Gasteiger partial charge in [0.1, 0.15) is 9.34 Å². The summed E-state index contributed by atoms with van der Waals surface area (Å²) in [6.07, 6.45) is 0. The Kier molecular flexibility index (Phi) is 3.28. The Morgan fingerprint density at radius 3 is 2.50 bits per heavy atom. The summed E-state index contributed by atoms with van der Waals surface area (Å²) in [6, 6.07) is 7.44. The standard InChI is InChI=1S/C10H5BrClNO2S/c11-6-3-1-5(2-4-6)9-13-7(10(14)15)8(12)16-9/h1-4H,(H,14,15). The molecule has 0 aliphatic carbocycles. The molecule has 1 aromatic heterocycles. The highest BCUT2D eigenvalue weighted by Crippen LogP contribution is 2.32. The van der Waals surface area contributed by atoms with E-state index >= 15 is 0 Å². The Bertz CT molecular complexity index is 538. The van der Waals surface area contributed by atoms with Crippen LogP contribution in [0.4, 0.5) is 0 Å². The molecule has 2 aromatic rings. The number of carboxylic acid groups (broad SMARTS) is 1. The van der Waals surface area contributed by atoms with Crippen LogP contribution in [0, 0.1) is 0 Å². The van der Waals surface area contributed by atoms with Gasteiger partial charge in [0.2, 0.25) is 0 Å². The minimum Gasteiger partial charge on any atom is -0.476 e. The first-order valence-electron chi connectivity index (χ1n) is 4.23. The lowest BCUT2D eigenvalue weighted by Gasteiger charge is -1.95. The zero-order valence-electron chi connectivity index (χ0n) is 7.78. The van der Waals surface area contributed by atoms with Crippen LogP contribution in [-0.2, 0) is 0 Å². The Balaban J connectivity index is 2.45. The van der Waals surface area contributed by atoms with Gasteiger partial charge < -0.3 is 5.11 Å². The van der Waals surface area contributed by atoms with E-state index in [1.807, 2.05) is 24.3 Å². The smallest absolute Gasteiger partial charge is 0.356 e. The van der Waals surface area contributed by atoms with E-state index in [0.29, 0.717) is 5.01 Å². The van der Waals surface area contributed by atoms with E-state index in [9.17, 15) is 4.79 Å². The number of hydrogen-bond acceptors (Lipinski definition) is 3. The van der Waals surface area contributed by atoms with E-state index in [1.54, 1.807) is 0 Å². The number of carbonyl (C=O) groups is 1. The van der Waals surface area contributed by atoms with Gasteiger partial charge in [0.05, 0.1) is 0 Å². The van der Waals surface area contributed by atoms with Gasteiger partial charge in [0, 0.05) is 10.0 Å². The number of thiazole rings is 1. The Labute approximate surface area is 109 Å². The van der Waals surface area contributed by atoms with E-state index in [0.717, 1.165) is 21.4 Å². The molecular weight excluding hydrogens is 314 g/mol.